The number of benzene rings is 1. The summed E-state index contributed by atoms with van der Waals surface area (Å²) in [6, 6.07) is 5.15. The maximum atomic E-state index is 10.7. The smallest absolute Gasteiger partial charge is 1.00 e. The van der Waals surface area contributed by atoms with Crippen molar-refractivity contribution in [2.45, 2.75) is 0 Å². The fraction of sp³-hybridized carbons (Fsp3) is 0. The predicted molar refractivity (Wildman–Crippen MR) is 41.7 cm³/mol. The summed E-state index contributed by atoms with van der Waals surface area (Å²) in [6.07, 6.45) is 0. The number of diazo groups is 1. The van der Waals surface area contributed by atoms with Gasteiger partial charge in [0.2, 0.25) is 0 Å². The van der Waals surface area contributed by atoms with E-state index in [1.54, 1.807) is 0 Å². The molecule has 5 nitrogen and oxygen atoms in total. The van der Waals surface area contributed by atoms with Crippen molar-refractivity contribution < 1.29 is 24.3 Å². The molecule has 0 unspecified atom stereocenters. The Kier molecular flexibility index (Phi) is 4.18. The SMILES string of the molecule is N#[N+]c1ccc([As](=O)(O)O)cc1.[Cl-]. The van der Waals surface area contributed by atoms with Gasteiger partial charge in [-0.2, -0.15) is 0 Å². The average Bonchev–Trinajstić information content (AvgIpc) is 2.03. The van der Waals surface area contributed by atoms with E-state index in [0.717, 1.165) is 0 Å². The van der Waals surface area contributed by atoms with Gasteiger partial charge >= 0.3 is 70.8 Å². The summed E-state index contributed by atoms with van der Waals surface area (Å²) in [7, 11) is 0. The Balaban J connectivity index is 0.00000144. The van der Waals surface area contributed by atoms with Crippen LogP contribution in [0.2, 0.25) is 0 Å². The monoisotopic (exact) mass is 264 g/mol. The van der Waals surface area contributed by atoms with Crippen molar-refractivity contribution >= 4 is 24.2 Å². The Labute approximate surface area is 83.4 Å². The third-order valence-electron chi connectivity index (χ3n) is 1.30. The molecule has 0 radical (unpaired) electrons. The van der Waals surface area contributed by atoms with Crippen molar-refractivity contribution in [2.24, 2.45) is 0 Å². The largest absolute Gasteiger partial charge is 1.00 e. The van der Waals surface area contributed by atoms with Gasteiger partial charge in [-0.15, -0.1) is 0 Å². The van der Waals surface area contributed by atoms with Crippen molar-refractivity contribution in [1.29, 1.82) is 5.39 Å². The van der Waals surface area contributed by atoms with Crippen LogP contribution in [0.3, 0.4) is 0 Å². The third-order valence-corrected chi connectivity index (χ3v) is 3.34. The average molecular weight is 264 g/mol. The molecule has 1 aromatic rings. The van der Waals surface area contributed by atoms with E-state index in [0.29, 0.717) is 0 Å². The second-order valence-corrected chi connectivity index (χ2v) is 5.53. The number of hydrogen-bond donors (Lipinski definition) is 2. The van der Waals surface area contributed by atoms with Crippen LogP contribution in [0, 0.1) is 5.39 Å². The quantitative estimate of drug-likeness (QED) is 0.412. The number of nitrogens with zero attached hydrogens (tertiary/aromatic N) is 2. The fourth-order valence-electron chi connectivity index (χ4n) is 0.713. The molecule has 0 aliphatic rings. The summed E-state index contributed by atoms with van der Waals surface area (Å²) in [5.74, 6) is 0. The predicted octanol–water partition coefficient (Wildman–Crippen LogP) is -3.26. The number of hydrogen-bond acceptors (Lipinski definition) is 2. The molecular weight excluding hydrogens is 258 g/mol. The van der Waals surface area contributed by atoms with Crippen molar-refractivity contribution in [3.63, 3.8) is 0 Å². The van der Waals surface area contributed by atoms with Crippen LogP contribution >= 0.6 is 0 Å². The first kappa shape index (κ1) is 12.2. The van der Waals surface area contributed by atoms with Crippen LogP contribution in [-0.2, 0) is 3.74 Å². The van der Waals surface area contributed by atoms with E-state index in [-0.39, 0.29) is 22.4 Å². The van der Waals surface area contributed by atoms with Crippen LogP contribution in [0.25, 0.3) is 4.98 Å². The van der Waals surface area contributed by atoms with Crippen LogP contribution in [0.1, 0.15) is 0 Å². The minimum atomic E-state index is -4.76. The Morgan fingerprint density at radius 1 is 1.23 bits per heavy atom. The third kappa shape index (κ3) is 3.21. The van der Waals surface area contributed by atoms with Gasteiger partial charge in [-0.3, -0.25) is 0 Å². The Hall–Kier alpha value is -0.792. The summed E-state index contributed by atoms with van der Waals surface area (Å²) in [6.45, 7) is 0. The van der Waals surface area contributed by atoms with E-state index < -0.39 is 14.2 Å². The first-order chi connectivity index (χ1) is 5.54. The standard InChI is InChI=1S/C6H5AsN2O3.ClH/c8-9-6-3-1-5(2-4-6)7(10,11)12;/h1-4H,(H-,10,11,12);1H. The van der Waals surface area contributed by atoms with Crippen LogP contribution in [0.5, 0.6) is 0 Å². The number of halogens is 1. The second kappa shape index (κ2) is 4.45. The molecule has 0 bridgehead atoms. The van der Waals surface area contributed by atoms with Crippen LogP contribution in [0.4, 0.5) is 5.69 Å². The molecule has 0 aliphatic heterocycles. The van der Waals surface area contributed by atoms with Crippen LogP contribution in [0.15, 0.2) is 24.3 Å². The molecule has 0 aliphatic carbocycles. The molecule has 0 atom stereocenters. The molecule has 0 saturated carbocycles. The zero-order valence-corrected chi connectivity index (χ0v) is 8.96. The molecule has 7 heteroatoms. The van der Waals surface area contributed by atoms with Gasteiger partial charge in [-0.25, -0.2) is 0 Å². The Morgan fingerprint density at radius 3 is 2.00 bits per heavy atom. The minimum absolute atomic E-state index is 0. The second-order valence-electron chi connectivity index (χ2n) is 2.16. The minimum Gasteiger partial charge on any atom is -1.00 e. The molecule has 2 N–H and O–H groups in total. The number of rotatable bonds is 1. The molecule has 0 saturated heterocycles. The van der Waals surface area contributed by atoms with Crippen molar-refractivity contribution in [3.05, 3.63) is 29.2 Å². The summed E-state index contributed by atoms with van der Waals surface area (Å²) in [5, 5.41) is 8.27. The Bertz CT molecular complexity index is 366. The van der Waals surface area contributed by atoms with Crippen LogP contribution < -0.4 is 16.8 Å². The summed E-state index contributed by atoms with van der Waals surface area (Å²) < 4.78 is 28.1. The first-order valence-electron chi connectivity index (χ1n) is 3.05. The fourth-order valence-corrected chi connectivity index (χ4v) is 1.84. The van der Waals surface area contributed by atoms with E-state index in [2.05, 4.69) is 4.98 Å². The summed E-state index contributed by atoms with van der Waals surface area (Å²) >= 11 is -4.76. The van der Waals surface area contributed by atoms with Crippen molar-refractivity contribution in [2.75, 3.05) is 0 Å². The normalized spacial score (nSPS) is 9.92. The summed E-state index contributed by atoms with van der Waals surface area (Å²) in [5.41, 5.74) is 0.266. The first-order valence-corrected chi connectivity index (χ1v) is 6.43. The van der Waals surface area contributed by atoms with Gasteiger partial charge in [0, 0.05) is 0 Å². The van der Waals surface area contributed by atoms with Crippen LogP contribution in [-0.4, -0.2) is 22.4 Å². The molecule has 0 amide bonds. The van der Waals surface area contributed by atoms with E-state index in [1.807, 2.05) is 0 Å². The molecule has 0 spiro atoms. The molecule has 70 valence electrons. The molecular formula is C6H6AsClN2O3. The van der Waals surface area contributed by atoms with Crippen molar-refractivity contribution in [1.82, 2.24) is 0 Å². The van der Waals surface area contributed by atoms with Gasteiger partial charge < -0.3 is 12.4 Å². The molecule has 13 heavy (non-hydrogen) atoms. The van der Waals surface area contributed by atoms with Gasteiger partial charge in [-0.05, 0) is 0 Å². The van der Waals surface area contributed by atoms with Gasteiger partial charge in [-0.1, -0.05) is 0 Å². The molecule has 1 aromatic carbocycles. The molecule has 0 fully saturated rings. The zero-order valence-electron chi connectivity index (χ0n) is 6.33. The van der Waals surface area contributed by atoms with E-state index in [9.17, 15) is 3.74 Å². The van der Waals surface area contributed by atoms with Gasteiger partial charge in [0.15, 0.2) is 0 Å². The Morgan fingerprint density at radius 2 is 1.69 bits per heavy atom. The van der Waals surface area contributed by atoms with Gasteiger partial charge in [0.05, 0.1) is 0 Å². The maximum Gasteiger partial charge on any atom is -1.00 e. The molecule has 0 aromatic heterocycles. The van der Waals surface area contributed by atoms with E-state index in [1.165, 1.54) is 24.3 Å². The maximum absolute atomic E-state index is 10.7. The van der Waals surface area contributed by atoms with Crippen molar-refractivity contribution in [3.8, 4) is 0 Å². The van der Waals surface area contributed by atoms with Gasteiger partial charge in [0.25, 0.3) is 0 Å². The topological polar surface area (TPSA) is 85.7 Å². The zero-order chi connectivity index (χ0) is 9.19. The summed E-state index contributed by atoms with van der Waals surface area (Å²) in [4.78, 5) is 2.85. The van der Waals surface area contributed by atoms with Gasteiger partial charge in [0.1, 0.15) is 0 Å². The molecule has 1 rings (SSSR count). The van der Waals surface area contributed by atoms with E-state index in [4.69, 9.17) is 13.6 Å². The molecule has 0 heterocycles. The van der Waals surface area contributed by atoms with E-state index >= 15 is 0 Å².